The number of nitro benzene ring substituents is 1. The number of nitrogens with one attached hydrogen (secondary N) is 1. The molecule has 2 aromatic heterocycles. The standard InChI is InChI=1S/C25H25N5O7S/c1-12-19(18-9-28-11-27-17(24(28)38-18)8-26-14(3)32)22(29-21(12)20(13(2)31)23(29)33)25(34)37-10-15-4-6-16(7-5-15)30(35)36/h4-7,9,11-13,20-21,31H,8,10H2,1-3H3,(H,26,32)/t12-,13+,20+,21+/m0/s1. The van der Waals surface area contributed by atoms with Crippen LogP contribution in [-0.2, 0) is 32.3 Å². The van der Waals surface area contributed by atoms with E-state index in [1.54, 1.807) is 17.7 Å². The maximum atomic E-state index is 13.4. The number of aromatic nitrogens is 2. The summed E-state index contributed by atoms with van der Waals surface area (Å²) in [5.74, 6) is -2.11. The summed E-state index contributed by atoms with van der Waals surface area (Å²) in [6, 6.07) is 5.28. The van der Waals surface area contributed by atoms with E-state index >= 15 is 0 Å². The highest BCUT2D eigenvalue weighted by Crippen LogP contribution is 2.51. The number of esters is 1. The molecule has 3 aromatic rings. The first-order chi connectivity index (χ1) is 18.1. The first-order valence-electron chi connectivity index (χ1n) is 11.9. The number of β-lactam (4-membered cyclic amide) rings is 1. The number of fused-ring (bicyclic) bond motifs is 2. The van der Waals surface area contributed by atoms with Crippen LogP contribution in [0, 0.1) is 22.0 Å². The van der Waals surface area contributed by atoms with E-state index in [-0.39, 0.29) is 42.3 Å². The van der Waals surface area contributed by atoms with Crippen molar-refractivity contribution in [3.05, 3.63) is 68.7 Å². The fourth-order valence-electron chi connectivity index (χ4n) is 5.12. The van der Waals surface area contributed by atoms with Gasteiger partial charge in [-0.2, -0.15) is 0 Å². The molecule has 13 heteroatoms. The van der Waals surface area contributed by atoms with Gasteiger partial charge in [-0.1, -0.05) is 6.92 Å². The van der Waals surface area contributed by atoms with E-state index in [0.717, 1.165) is 9.71 Å². The first-order valence-corrected chi connectivity index (χ1v) is 12.8. The fourth-order valence-corrected chi connectivity index (χ4v) is 6.33. The van der Waals surface area contributed by atoms with E-state index in [2.05, 4.69) is 10.3 Å². The molecule has 0 saturated carbocycles. The number of amides is 2. The van der Waals surface area contributed by atoms with Crippen molar-refractivity contribution in [1.82, 2.24) is 19.6 Å². The van der Waals surface area contributed by atoms with E-state index < -0.39 is 29.0 Å². The fraction of sp³-hybridized carbons (Fsp3) is 0.360. The molecule has 198 valence electrons. The summed E-state index contributed by atoms with van der Waals surface area (Å²) in [4.78, 5) is 55.5. The summed E-state index contributed by atoms with van der Waals surface area (Å²) < 4.78 is 7.37. The largest absolute Gasteiger partial charge is 0.456 e. The van der Waals surface area contributed by atoms with Gasteiger partial charge in [0.15, 0.2) is 0 Å². The van der Waals surface area contributed by atoms with Crippen molar-refractivity contribution in [2.24, 2.45) is 11.8 Å². The second kappa shape index (κ2) is 9.65. The minimum atomic E-state index is -0.879. The van der Waals surface area contributed by atoms with Gasteiger partial charge in [-0.15, -0.1) is 11.3 Å². The SMILES string of the molecule is CC(=O)NCc1ncn2cc(C3=C(C(=O)OCc4ccc([N+](=O)[O-])cc4)N4C(=O)[C@H]([C@@H](C)O)[C@H]4[C@H]3C)sc12. The molecule has 1 fully saturated rings. The van der Waals surface area contributed by atoms with Crippen molar-refractivity contribution in [2.75, 3.05) is 0 Å². The van der Waals surface area contributed by atoms with Crippen molar-refractivity contribution in [3.8, 4) is 0 Å². The number of aliphatic hydroxyl groups excluding tert-OH is 1. The lowest BCUT2D eigenvalue weighted by Gasteiger charge is -2.46. The molecule has 0 spiro atoms. The van der Waals surface area contributed by atoms with E-state index in [9.17, 15) is 29.6 Å². The van der Waals surface area contributed by atoms with Gasteiger partial charge in [0.25, 0.3) is 5.69 Å². The number of ether oxygens (including phenoxy) is 1. The summed E-state index contributed by atoms with van der Waals surface area (Å²) in [6.45, 7) is 5.02. The molecule has 1 saturated heterocycles. The lowest BCUT2D eigenvalue weighted by Crippen LogP contribution is -2.63. The summed E-state index contributed by atoms with van der Waals surface area (Å²) in [7, 11) is 0. The molecule has 2 amide bonds. The van der Waals surface area contributed by atoms with Crippen LogP contribution in [0.2, 0.25) is 0 Å². The Balaban J connectivity index is 1.48. The Bertz CT molecular complexity index is 1490. The molecule has 5 rings (SSSR count). The third kappa shape index (κ3) is 4.23. The average Bonchev–Trinajstić information content (AvgIpc) is 3.51. The molecule has 4 atom stereocenters. The van der Waals surface area contributed by atoms with Gasteiger partial charge in [0.2, 0.25) is 11.8 Å². The predicted octanol–water partition coefficient (Wildman–Crippen LogP) is 2.25. The van der Waals surface area contributed by atoms with Gasteiger partial charge in [-0.05, 0) is 24.6 Å². The van der Waals surface area contributed by atoms with Crippen LogP contribution < -0.4 is 5.32 Å². The number of nitro groups is 1. The molecule has 12 nitrogen and oxygen atoms in total. The van der Waals surface area contributed by atoms with Gasteiger partial charge in [0.05, 0.1) is 40.1 Å². The number of carbonyl (C=O) groups excluding carboxylic acids is 3. The Morgan fingerprint density at radius 1 is 1.32 bits per heavy atom. The molecular weight excluding hydrogens is 514 g/mol. The van der Waals surface area contributed by atoms with Crippen LogP contribution in [0.4, 0.5) is 5.69 Å². The summed E-state index contributed by atoms with van der Waals surface area (Å²) in [5.41, 5.74) is 1.93. The molecular formula is C25H25N5O7S. The van der Waals surface area contributed by atoms with E-state index in [0.29, 0.717) is 16.8 Å². The van der Waals surface area contributed by atoms with Gasteiger partial charge in [-0.3, -0.25) is 24.1 Å². The van der Waals surface area contributed by atoms with Crippen LogP contribution >= 0.6 is 11.3 Å². The number of hydrogen-bond acceptors (Lipinski definition) is 9. The van der Waals surface area contributed by atoms with Gasteiger partial charge in [0.1, 0.15) is 23.5 Å². The van der Waals surface area contributed by atoms with E-state index in [1.165, 1.54) is 47.4 Å². The molecule has 0 bridgehead atoms. The molecule has 0 radical (unpaired) electrons. The maximum Gasteiger partial charge on any atom is 0.355 e. The molecule has 0 aliphatic carbocycles. The van der Waals surface area contributed by atoms with Crippen molar-refractivity contribution >= 4 is 45.2 Å². The molecule has 0 unspecified atom stereocenters. The number of rotatable bonds is 8. The third-order valence-electron chi connectivity index (χ3n) is 6.94. The van der Waals surface area contributed by atoms with Crippen LogP contribution in [0.25, 0.3) is 10.4 Å². The van der Waals surface area contributed by atoms with Crippen molar-refractivity contribution in [1.29, 1.82) is 0 Å². The van der Waals surface area contributed by atoms with Gasteiger partial charge in [-0.25, -0.2) is 9.78 Å². The molecule has 4 heterocycles. The van der Waals surface area contributed by atoms with Gasteiger partial charge >= 0.3 is 5.97 Å². The highest BCUT2D eigenvalue weighted by molar-refractivity contribution is 7.18. The van der Waals surface area contributed by atoms with E-state index in [1.807, 2.05) is 13.1 Å². The van der Waals surface area contributed by atoms with Crippen molar-refractivity contribution in [3.63, 3.8) is 0 Å². The normalized spacial score (nSPS) is 21.3. The van der Waals surface area contributed by atoms with Gasteiger partial charge in [0, 0.05) is 36.7 Å². The van der Waals surface area contributed by atoms with Crippen LogP contribution in [0.5, 0.6) is 0 Å². The molecule has 2 N–H and O–H groups in total. The first kappa shape index (κ1) is 25.5. The number of non-ortho nitro benzene ring substituents is 1. The van der Waals surface area contributed by atoms with Crippen LogP contribution in [0.3, 0.4) is 0 Å². The average molecular weight is 540 g/mol. The quantitative estimate of drug-likeness (QED) is 0.191. The molecule has 2 aliphatic heterocycles. The zero-order chi connectivity index (χ0) is 27.3. The second-order valence-electron chi connectivity index (χ2n) is 9.42. The number of benzene rings is 1. The predicted molar refractivity (Wildman–Crippen MR) is 135 cm³/mol. The summed E-state index contributed by atoms with van der Waals surface area (Å²) >= 11 is 1.39. The van der Waals surface area contributed by atoms with E-state index in [4.69, 9.17) is 4.74 Å². The third-order valence-corrected chi connectivity index (χ3v) is 8.12. The Kier molecular flexibility index (Phi) is 6.49. The van der Waals surface area contributed by atoms with Crippen LogP contribution in [0.15, 0.2) is 42.5 Å². The van der Waals surface area contributed by atoms with Crippen molar-refractivity contribution < 1.29 is 29.2 Å². The zero-order valence-electron chi connectivity index (χ0n) is 20.8. The topological polar surface area (TPSA) is 156 Å². The molecule has 2 aliphatic rings. The number of hydrogen-bond donors (Lipinski definition) is 2. The summed E-state index contributed by atoms with van der Waals surface area (Å²) in [6.07, 6.45) is 2.57. The minimum absolute atomic E-state index is 0.0747. The van der Waals surface area contributed by atoms with Crippen LogP contribution in [0.1, 0.15) is 36.9 Å². The number of carbonyl (C=O) groups is 3. The summed E-state index contributed by atoms with van der Waals surface area (Å²) in [5, 5.41) is 23.9. The van der Waals surface area contributed by atoms with Gasteiger partial charge < -0.3 is 20.1 Å². The molecule has 38 heavy (non-hydrogen) atoms. The maximum absolute atomic E-state index is 13.4. The minimum Gasteiger partial charge on any atom is -0.456 e. The Morgan fingerprint density at radius 2 is 2.03 bits per heavy atom. The number of imidazole rings is 1. The highest BCUT2D eigenvalue weighted by Gasteiger charge is 2.60. The monoisotopic (exact) mass is 539 g/mol. The van der Waals surface area contributed by atoms with Crippen molar-refractivity contribution in [2.45, 2.75) is 46.1 Å². The Morgan fingerprint density at radius 3 is 2.66 bits per heavy atom. The zero-order valence-corrected chi connectivity index (χ0v) is 21.6. The lowest BCUT2D eigenvalue weighted by molar-refractivity contribution is -0.384. The smallest absolute Gasteiger partial charge is 0.355 e. The number of aliphatic hydroxyl groups is 1. The lowest BCUT2D eigenvalue weighted by atomic mass is 9.77. The number of nitrogens with zero attached hydrogens (tertiary/aromatic N) is 4. The molecule has 1 aromatic carbocycles. The number of thiazole rings is 1. The Labute approximate surface area is 220 Å². The van der Waals surface area contributed by atoms with Crippen LogP contribution in [-0.4, -0.2) is 54.2 Å². The Hall–Kier alpha value is -4.10. The second-order valence-corrected chi connectivity index (χ2v) is 10.5. The highest BCUT2D eigenvalue weighted by atomic mass is 32.1.